The summed E-state index contributed by atoms with van der Waals surface area (Å²) >= 11 is 1.72. The van der Waals surface area contributed by atoms with Crippen molar-refractivity contribution >= 4 is 28.7 Å². The molecule has 6 rings (SSSR count). The summed E-state index contributed by atoms with van der Waals surface area (Å²) < 4.78 is 36.6. The monoisotopic (exact) mass is 555 g/mol. The van der Waals surface area contributed by atoms with Crippen LogP contribution in [0.3, 0.4) is 0 Å². The number of hydrogen-bond acceptors (Lipinski definition) is 3. The molecule has 0 fully saturated rings. The molecule has 3 aromatic carbocycles. The van der Waals surface area contributed by atoms with Crippen molar-refractivity contribution in [3.05, 3.63) is 106 Å². The number of aromatic amines is 2. The summed E-state index contributed by atoms with van der Waals surface area (Å²) in [6.45, 7) is 2.10. The number of benzene rings is 3. The predicted octanol–water partition coefficient (Wildman–Crippen LogP) is 9.74. The van der Waals surface area contributed by atoms with Crippen LogP contribution in [0.15, 0.2) is 72.4 Å². The molecule has 0 amide bonds. The Labute approximate surface area is 236 Å². The van der Waals surface area contributed by atoms with Crippen molar-refractivity contribution in [1.82, 2.24) is 15.0 Å². The van der Waals surface area contributed by atoms with E-state index < -0.39 is 11.6 Å². The van der Waals surface area contributed by atoms with Gasteiger partial charge in [0.2, 0.25) is 0 Å². The van der Waals surface area contributed by atoms with Crippen LogP contribution < -0.4 is 4.74 Å². The molecule has 40 heavy (non-hydrogen) atoms. The van der Waals surface area contributed by atoms with Crippen molar-refractivity contribution in [3.63, 3.8) is 0 Å². The van der Waals surface area contributed by atoms with Gasteiger partial charge in [-0.05, 0) is 66.8 Å². The quantitative estimate of drug-likeness (QED) is 0.216. The summed E-state index contributed by atoms with van der Waals surface area (Å²) in [7, 11) is 0. The summed E-state index contributed by atoms with van der Waals surface area (Å²) in [5, 5.41) is 2.87. The van der Waals surface area contributed by atoms with Gasteiger partial charge in [-0.25, -0.2) is 13.8 Å². The van der Waals surface area contributed by atoms with Crippen LogP contribution in [-0.2, 0) is 0 Å². The third-order valence-corrected chi connectivity index (χ3v) is 8.32. The number of nitrogens with one attached hydrogen (secondary N) is 2. The first-order valence-electron chi connectivity index (χ1n) is 13.7. The number of halogens is 2. The lowest BCUT2D eigenvalue weighted by atomic mass is 9.89. The minimum Gasteiger partial charge on any atom is -0.454 e. The SMILES string of the molecule is Cc1cccc(C2CCCCCCS/C=C/c3c(c(F)cc4[nH]ccc34)Oc3ccc(F)c(c3)-c3ncc2[nH]3)c1. The van der Waals surface area contributed by atoms with E-state index in [1.807, 2.05) is 23.7 Å². The van der Waals surface area contributed by atoms with Crippen LogP contribution >= 0.6 is 11.8 Å². The molecule has 0 saturated heterocycles. The fraction of sp³-hybridized carbons (Fsp3) is 0.242. The van der Waals surface area contributed by atoms with Crippen LogP contribution in [-0.4, -0.2) is 20.7 Å². The third-order valence-electron chi connectivity index (χ3n) is 7.47. The van der Waals surface area contributed by atoms with Gasteiger partial charge in [-0.1, -0.05) is 49.1 Å². The molecule has 4 nitrogen and oxygen atoms in total. The molecule has 1 aliphatic heterocycles. The van der Waals surface area contributed by atoms with Crippen LogP contribution in [0.4, 0.5) is 8.78 Å². The molecule has 3 heterocycles. The Bertz CT molecular complexity index is 1670. The molecule has 204 valence electrons. The standard InChI is InChI=1S/C33H31F2N3OS/c1-21-7-6-8-22(17-21)24-9-4-2-3-5-15-40-16-13-26-25-12-14-36-30(25)19-29(35)32(26)39-23-10-11-28(34)27(18-23)33-37-20-31(24)38-33/h6-8,10-14,16-20,24,36H,2-5,9,15H2,1H3,(H,37,38)/b16-13+. The van der Waals surface area contributed by atoms with Crippen LogP contribution in [0.2, 0.25) is 0 Å². The topological polar surface area (TPSA) is 53.7 Å². The molecule has 5 aromatic rings. The number of fused-ring (bicyclic) bond motifs is 8. The maximum atomic E-state index is 15.3. The Balaban J connectivity index is 1.42. The highest BCUT2D eigenvalue weighted by Gasteiger charge is 2.20. The number of H-pyrrole nitrogens is 2. The lowest BCUT2D eigenvalue weighted by Gasteiger charge is -2.17. The Morgan fingerprint density at radius 3 is 2.77 bits per heavy atom. The van der Waals surface area contributed by atoms with E-state index in [1.165, 1.54) is 29.3 Å². The lowest BCUT2D eigenvalue weighted by molar-refractivity contribution is 0.441. The van der Waals surface area contributed by atoms with Crippen molar-refractivity contribution < 1.29 is 13.5 Å². The van der Waals surface area contributed by atoms with Crippen LogP contribution in [0.25, 0.3) is 28.4 Å². The minimum atomic E-state index is -0.488. The van der Waals surface area contributed by atoms with Crippen LogP contribution in [0.5, 0.6) is 11.5 Å². The molecule has 0 spiro atoms. The highest BCUT2D eigenvalue weighted by molar-refractivity contribution is 8.02. The van der Waals surface area contributed by atoms with Crippen molar-refractivity contribution in [3.8, 4) is 22.9 Å². The molecular formula is C33H31F2N3OS. The van der Waals surface area contributed by atoms with E-state index in [2.05, 4.69) is 46.1 Å². The average Bonchev–Trinajstić information content (AvgIpc) is 3.61. The fourth-order valence-electron chi connectivity index (χ4n) is 5.43. The second kappa shape index (κ2) is 11.7. The van der Waals surface area contributed by atoms with E-state index in [0.29, 0.717) is 22.7 Å². The van der Waals surface area contributed by atoms with Crippen molar-refractivity contribution in [2.75, 3.05) is 5.75 Å². The smallest absolute Gasteiger partial charge is 0.171 e. The van der Waals surface area contributed by atoms with Crippen LogP contribution in [0, 0.1) is 18.6 Å². The number of imidazole rings is 1. The molecule has 4 bridgehead atoms. The Morgan fingerprint density at radius 1 is 0.975 bits per heavy atom. The summed E-state index contributed by atoms with van der Waals surface area (Å²) in [6, 6.07) is 16.3. The highest BCUT2D eigenvalue weighted by Crippen LogP contribution is 2.38. The predicted molar refractivity (Wildman–Crippen MR) is 160 cm³/mol. The minimum absolute atomic E-state index is 0.110. The second-order valence-electron chi connectivity index (χ2n) is 10.3. The summed E-state index contributed by atoms with van der Waals surface area (Å²) in [5.74, 6) is 1.07. The molecule has 7 heteroatoms. The summed E-state index contributed by atoms with van der Waals surface area (Å²) in [5.41, 5.74) is 5.00. The first kappa shape index (κ1) is 26.4. The number of nitrogens with zero attached hydrogens (tertiary/aromatic N) is 1. The van der Waals surface area contributed by atoms with Crippen molar-refractivity contribution in [2.24, 2.45) is 0 Å². The lowest BCUT2D eigenvalue weighted by Crippen LogP contribution is -2.03. The van der Waals surface area contributed by atoms with Crippen molar-refractivity contribution in [1.29, 1.82) is 0 Å². The molecule has 1 aliphatic rings. The number of aromatic nitrogens is 3. The Kier molecular flexibility index (Phi) is 7.73. The number of ether oxygens (including phenoxy) is 1. The third kappa shape index (κ3) is 5.56. The van der Waals surface area contributed by atoms with Gasteiger partial charge in [0.25, 0.3) is 0 Å². The van der Waals surface area contributed by atoms with Gasteiger partial charge in [0.05, 0.1) is 5.56 Å². The van der Waals surface area contributed by atoms with E-state index in [9.17, 15) is 0 Å². The largest absolute Gasteiger partial charge is 0.454 e. The number of thioether (sulfide) groups is 1. The van der Waals surface area contributed by atoms with E-state index in [1.54, 1.807) is 24.0 Å². The number of hydrogen-bond donors (Lipinski definition) is 2. The zero-order valence-electron chi connectivity index (χ0n) is 22.3. The van der Waals surface area contributed by atoms with Gasteiger partial charge in [0.15, 0.2) is 11.6 Å². The Morgan fingerprint density at radius 2 is 1.88 bits per heavy atom. The maximum absolute atomic E-state index is 15.3. The number of rotatable bonds is 1. The normalized spacial score (nSPS) is 17.3. The average molecular weight is 556 g/mol. The molecule has 2 aromatic heterocycles. The molecule has 0 aliphatic carbocycles. The molecule has 2 N–H and O–H groups in total. The van der Waals surface area contributed by atoms with Gasteiger partial charge in [-0.2, -0.15) is 0 Å². The first-order valence-corrected chi connectivity index (χ1v) is 14.8. The van der Waals surface area contributed by atoms with E-state index in [-0.39, 0.29) is 17.2 Å². The second-order valence-corrected chi connectivity index (χ2v) is 11.3. The zero-order chi connectivity index (χ0) is 27.5. The van der Waals surface area contributed by atoms with Gasteiger partial charge in [0.1, 0.15) is 17.4 Å². The van der Waals surface area contributed by atoms with Gasteiger partial charge >= 0.3 is 0 Å². The fourth-order valence-corrected chi connectivity index (χ4v) is 6.16. The molecular weight excluding hydrogens is 524 g/mol. The molecule has 1 unspecified atom stereocenters. The first-order chi connectivity index (χ1) is 19.6. The zero-order valence-corrected chi connectivity index (χ0v) is 23.2. The van der Waals surface area contributed by atoms with E-state index >= 15 is 8.78 Å². The van der Waals surface area contributed by atoms with E-state index in [4.69, 9.17) is 4.74 Å². The van der Waals surface area contributed by atoms with Crippen molar-refractivity contribution in [2.45, 2.75) is 44.9 Å². The van der Waals surface area contributed by atoms with Gasteiger partial charge in [-0.15, -0.1) is 11.8 Å². The van der Waals surface area contributed by atoms with Gasteiger partial charge in [0, 0.05) is 46.5 Å². The van der Waals surface area contributed by atoms with E-state index in [0.717, 1.165) is 48.9 Å². The molecule has 0 radical (unpaired) electrons. The molecule has 1 atom stereocenters. The van der Waals surface area contributed by atoms with Gasteiger partial charge in [-0.3, -0.25) is 0 Å². The highest BCUT2D eigenvalue weighted by atomic mass is 32.2. The molecule has 0 saturated carbocycles. The van der Waals surface area contributed by atoms with Crippen LogP contribution in [0.1, 0.15) is 60.4 Å². The number of aryl methyl sites for hydroxylation is 1. The summed E-state index contributed by atoms with van der Waals surface area (Å²) in [6.07, 6.45) is 11.0. The maximum Gasteiger partial charge on any atom is 0.171 e. The summed E-state index contributed by atoms with van der Waals surface area (Å²) in [4.78, 5) is 11.1. The Hall–Kier alpha value is -3.84. The van der Waals surface area contributed by atoms with Gasteiger partial charge < -0.3 is 14.7 Å².